The fourth-order valence-electron chi connectivity index (χ4n) is 2.65. The molecule has 0 aliphatic carbocycles. The molecule has 2 heterocycles. The maximum absolute atomic E-state index is 14.1. The second kappa shape index (κ2) is 11.2. The van der Waals surface area contributed by atoms with Crippen LogP contribution in [0.25, 0.3) is 11.1 Å². The van der Waals surface area contributed by atoms with Gasteiger partial charge in [-0.3, -0.25) is 9.59 Å². The van der Waals surface area contributed by atoms with Gasteiger partial charge in [0, 0.05) is 30.2 Å². The molecule has 0 radical (unpaired) electrons. The number of aromatic carboxylic acids is 1. The highest BCUT2D eigenvalue weighted by atomic mass is 79.9. The van der Waals surface area contributed by atoms with Crippen LogP contribution in [0.5, 0.6) is 5.88 Å². The lowest BCUT2D eigenvalue weighted by atomic mass is 10.0. The van der Waals surface area contributed by atoms with E-state index in [0.29, 0.717) is 37.5 Å². The van der Waals surface area contributed by atoms with E-state index in [1.807, 2.05) is 6.92 Å². The number of ether oxygens (including phenoxy) is 1. The van der Waals surface area contributed by atoms with Crippen molar-refractivity contribution in [3.63, 3.8) is 0 Å². The van der Waals surface area contributed by atoms with E-state index in [9.17, 15) is 31.9 Å². The van der Waals surface area contributed by atoms with E-state index in [2.05, 4.69) is 21.1 Å². The number of unbranched alkanes of at least 4 members (excludes halogenated alkanes) is 1. The third-order valence-corrected chi connectivity index (χ3v) is 5.20. The van der Waals surface area contributed by atoms with Crippen LogP contribution in [-0.2, 0) is 15.8 Å². The summed E-state index contributed by atoms with van der Waals surface area (Å²) >= 11 is 2.80. The number of carboxylic acids is 1. The Balaban J connectivity index is 0.000000405. The Morgan fingerprint density at radius 2 is 1.82 bits per heavy atom. The van der Waals surface area contributed by atoms with E-state index in [1.165, 1.54) is 0 Å². The summed E-state index contributed by atoms with van der Waals surface area (Å²) in [5.74, 6) is -2.67. The summed E-state index contributed by atoms with van der Waals surface area (Å²) in [5.41, 5.74) is -1.89. The van der Waals surface area contributed by atoms with Crippen molar-refractivity contribution in [1.82, 2.24) is 8.91 Å². The fourth-order valence-corrected chi connectivity index (χ4v) is 3.00. The second-order valence-corrected chi connectivity index (χ2v) is 7.55. The van der Waals surface area contributed by atoms with Crippen LogP contribution in [-0.4, -0.2) is 38.4 Å². The maximum atomic E-state index is 14.1. The Bertz CT molecular complexity index is 1030. The molecule has 12 heteroatoms. The maximum Gasteiger partial charge on any atom is 0.416 e. The topological polar surface area (TPSA) is 96.8 Å². The van der Waals surface area contributed by atoms with Crippen LogP contribution in [0.4, 0.5) is 17.6 Å². The molecule has 2 amide bonds. The Kier molecular flexibility index (Phi) is 8.91. The zero-order valence-electron chi connectivity index (χ0n) is 17.3. The molecule has 33 heavy (non-hydrogen) atoms. The molecular formula is C21H19BrF4N2O5. The van der Waals surface area contributed by atoms with E-state index in [0.717, 1.165) is 22.6 Å². The van der Waals surface area contributed by atoms with Gasteiger partial charge >= 0.3 is 12.1 Å². The number of nitrogens with zero attached hydrogens (tertiary/aromatic N) is 2. The molecule has 1 aromatic carbocycles. The summed E-state index contributed by atoms with van der Waals surface area (Å²) in [6.07, 6.45) is -1.48. The molecular weight excluding hydrogens is 516 g/mol. The van der Waals surface area contributed by atoms with Crippen LogP contribution < -0.4 is 4.74 Å². The first-order valence-electron chi connectivity index (χ1n) is 9.70. The molecule has 0 saturated carbocycles. The largest absolute Gasteiger partial charge is 0.478 e. The van der Waals surface area contributed by atoms with Crippen molar-refractivity contribution in [2.45, 2.75) is 38.8 Å². The highest BCUT2D eigenvalue weighted by molar-refractivity contribution is 9.08. The number of rotatable bonds is 6. The molecule has 1 aliphatic heterocycles. The number of halogens is 5. The van der Waals surface area contributed by atoms with Gasteiger partial charge in [0.05, 0.1) is 33.9 Å². The third-order valence-electron chi connectivity index (χ3n) is 4.41. The number of benzene rings is 1. The van der Waals surface area contributed by atoms with Crippen LogP contribution >= 0.6 is 16.1 Å². The number of carboxylic acid groups (broad SMARTS) is 1. The Morgan fingerprint density at radius 1 is 1.18 bits per heavy atom. The lowest BCUT2D eigenvalue weighted by Gasteiger charge is -2.14. The summed E-state index contributed by atoms with van der Waals surface area (Å²) in [5, 5.41) is 9.06. The van der Waals surface area contributed by atoms with Crippen molar-refractivity contribution in [3.05, 3.63) is 47.4 Å². The van der Waals surface area contributed by atoms with Crippen molar-refractivity contribution < 1.29 is 41.8 Å². The van der Waals surface area contributed by atoms with Gasteiger partial charge in [-0.25, -0.2) is 18.1 Å². The molecule has 1 aliphatic rings. The lowest BCUT2D eigenvalue weighted by molar-refractivity contribution is -0.137. The second-order valence-electron chi connectivity index (χ2n) is 6.84. The van der Waals surface area contributed by atoms with Crippen LogP contribution in [0.15, 0.2) is 30.5 Å². The van der Waals surface area contributed by atoms with E-state index in [4.69, 9.17) is 9.84 Å². The van der Waals surface area contributed by atoms with Crippen molar-refractivity contribution in [3.8, 4) is 17.0 Å². The molecule has 0 unspecified atom stereocenters. The van der Waals surface area contributed by atoms with E-state index < -0.39 is 29.1 Å². The summed E-state index contributed by atoms with van der Waals surface area (Å²) in [4.78, 5) is 35.8. The molecule has 1 N–H and O–H groups in total. The molecule has 7 nitrogen and oxygen atoms in total. The summed E-state index contributed by atoms with van der Waals surface area (Å²) < 4.78 is 59.2. The molecule has 0 atom stereocenters. The van der Waals surface area contributed by atoms with Crippen molar-refractivity contribution in [2.24, 2.45) is 0 Å². The van der Waals surface area contributed by atoms with Crippen LogP contribution in [0.1, 0.15) is 48.5 Å². The van der Waals surface area contributed by atoms with Gasteiger partial charge in [0.1, 0.15) is 5.82 Å². The number of hydrogen-bond acceptors (Lipinski definition) is 5. The number of hydrogen-bond donors (Lipinski definition) is 1. The molecule has 1 fully saturated rings. The number of imide groups is 1. The minimum absolute atomic E-state index is 0.114. The SMILES string of the molecule is CCCCOc1ncc(C(=O)O)cc1-c1cc(C(F)(F)F)ccc1F.O=C1CCC(=O)N1Br. The smallest absolute Gasteiger partial charge is 0.416 e. The van der Waals surface area contributed by atoms with Crippen LogP contribution in [0.2, 0.25) is 0 Å². The van der Waals surface area contributed by atoms with Gasteiger partial charge < -0.3 is 9.84 Å². The number of alkyl halides is 3. The average molecular weight is 535 g/mol. The quantitative estimate of drug-likeness (QED) is 0.236. The number of aromatic nitrogens is 1. The summed E-state index contributed by atoms with van der Waals surface area (Å²) in [6.45, 7) is 2.14. The number of amides is 2. The monoisotopic (exact) mass is 534 g/mol. The van der Waals surface area contributed by atoms with Gasteiger partial charge in [-0.15, -0.1) is 0 Å². The average Bonchev–Trinajstić information content (AvgIpc) is 3.05. The van der Waals surface area contributed by atoms with Crippen molar-refractivity contribution in [1.29, 1.82) is 0 Å². The first-order chi connectivity index (χ1) is 15.5. The normalized spacial score (nSPS) is 13.6. The zero-order chi connectivity index (χ0) is 24.8. The highest BCUT2D eigenvalue weighted by Gasteiger charge is 2.32. The minimum atomic E-state index is -4.66. The Hall–Kier alpha value is -3.02. The summed E-state index contributed by atoms with van der Waals surface area (Å²) in [6, 6.07) is 2.96. The molecule has 178 valence electrons. The predicted octanol–water partition coefficient (Wildman–Crippen LogP) is 5.23. The van der Waals surface area contributed by atoms with E-state index >= 15 is 0 Å². The molecule has 0 spiro atoms. The standard InChI is InChI=1S/C17H15F4NO3.C4H4BrNO2/c1-2-3-6-25-15-13(7-10(9-22-15)16(23)24)12-8-11(17(19,20)21)4-5-14(12)18;5-6-3(7)1-2-4(6)8/h4-5,7-9H,2-3,6H2,1H3,(H,23,24);1-2H2. The number of carbonyl (C=O) groups excluding carboxylic acids is 2. The van der Waals surface area contributed by atoms with E-state index in [1.54, 1.807) is 0 Å². The predicted molar refractivity (Wildman–Crippen MR) is 112 cm³/mol. The molecule has 3 rings (SSSR count). The van der Waals surface area contributed by atoms with Crippen molar-refractivity contribution in [2.75, 3.05) is 6.61 Å². The van der Waals surface area contributed by atoms with E-state index in [-0.39, 0.29) is 35.4 Å². The minimum Gasteiger partial charge on any atom is -0.478 e. The van der Waals surface area contributed by atoms with Gasteiger partial charge in [-0.2, -0.15) is 13.2 Å². The lowest BCUT2D eigenvalue weighted by Crippen LogP contribution is -2.16. The molecule has 2 aromatic rings. The number of carbonyl (C=O) groups is 3. The first-order valence-corrected chi connectivity index (χ1v) is 10.4. The van der Waals surface area contributed by atoms with Crippen LogP contribution in [0.3, 0.4) is 0 Å². The molecule has 1 aromatic heterocycles. The van der Waals surface area contributed by atoms with Gasteiger partial charge in [0.15, 0.2) is 0 Å². The summed E-state index contributed by atoms with van der Waals surface area (Å²) in [7, 11) is 0. The van der Waals surface area contributed by atoms with Gasteiger partial charge in [0.25, 0.3) is 0 Å². The van der Waals surface area contributed by atoms with Gasteiger partial charge in [0.2, 0.25) is 17.7 Å². The van der Waals surface area contributed by atoms with Gasteiger partial charge in [-0.05, 0) is 30.7 Å². The molecule has 0 bridgehead atoms. The molecule has 1 saturated heterocycles. The Morgan fingerprint density at radius 3 is 2.30 bits per heavy atom. The third kappa shape index (κ3) is 6.98. The highest BCUT2D eigenvalue weighted by Crippen LogP contribution is 2.36. The fraction of sp³-hybridized carbons (Fsp3) is 0.333. The number of pyridine rings is 1. The van der Waals surface area contributed by atoms with Crippen LogP contribution in [0, 0.1) is 5.82 Å². The van der Waals surface area contributed by atoms with Crippen molar-refractivity contribution >= 4 is 33.9 Å². The van der Waals surface area contributed by atoms with Gasteiger partial charge in [-0.1, -0.05) is 13.3 Å². The Labute approximate surface area is 194 Å². The first kappa shape index (κ1) is 26.2. The zero-order valence-corrected chi connectivity index (χ0v) is 18.9.